The summed E-state index contributed by atoms with van der Waals surface area (Å²) in [6, 6.07) is 7.38. The minimum absolute atomic E-state index is 0.118. The van der Waals surface area contributed by atoms with Crippen LogP contribution < -0.4 is 16.0 Å². The van der Waals surface area contributed by atoms with Gasteiger partial charge in [0.25, 0.3) is 5.56 Å². The van der Waals surface area contributed by atoms with E-state index in [1.54, 1.807) is 11.7 Å². The molecule has 8 nitrogen and oxygen atoms in total. The van der Waals surface area contributed by atoms with Crippen LogP contribution in [0.15, 0.2) is 38.4 Å². The third-order valence-electron chi connectivity index (χ3n) is 5.35. The number of para-hydroxylation sites is 1. The Hall–Kier alpha value is -3.16. The monoisotopic (exact) mass is 396 g/mol. The summed E-state index contributed by atoms with van der Waals surface area (Å²) >= 11 is 0. The van der Waals surface area contributed by atoms with Crippen LogP contribution in [0.4, 0.5) is 0 Å². The second-order valence-corrected chi connectivity index (χ2v) is 7.13. The molecule has 0 bridgehead atoms. The fraction of sp³-hybridized carbons (Fsp3) is 0.429. The number of methoxy groups -OCH3 is 1. The average Bonchev–Trinajstić information content (AvgIpc) is 3.08. The van der Waals surface area contributed by atoms with E-state index in [0.29, 0.717) is 42.3 Å². The predicted molar refractivity (Wildman–Crippen MR) is 107 cm³/mol. The van der Waals surface area contributed by atoms with Gasteiger partial charge in [0.05, 0.1) is 13.7 Å². The van der Waals surface area contributed by atoms with E-state index in [2.05, 4.69) is 10.1 Å². The van der Waals surface area contributed by atoms with Crippen molar-refractivity contribution in [2.45, 2.75) is 52.1 Å². The van der Waals surface area contributed by atoms with Crippen LogP contribution in [0.5, 0.6) is 5.75 Å². The lowest BCUT2D eigenvalue weighted by molar-refractivity contribution is 0.382. The highest BCUT2D eigenvalue weighted by molar-refractivity contribution is 5.56. The quantitative estimate of drug-likeness (QED) is 0.658. The van der Waals surface area contributed by atoms with Crippen LogP contribution in [0.2, 0.25) is 0 Å². The zero-order valence-corrected chi connectivity index (χ0v) is 16.7. The van der Waals surface area contributed by atoms with Crippen LogP contribution in [0.3, 0.4) is 0 Å². The van der Waals surface area contributed by atoms with E-state index in [4.69, 9.17) is 9.26 Å². The number of aryl methyl sites for hydroxylation is 1. The molecule has 0 saturated carbocycles. The van der Waals surface area contributed by atoms with Crippen LogP contribution in [0, 0.1) is 0 Å². The minimum atomic E-state index is -0.391. The summed E-state index contributed by atoms with van der Waals surface area (Å²) in [6.45, 7) is 2.60. The number of nitrogens with zero attached hydrogens (tertiary/aromatic N) is 4. The van der Waals surface area contributed by atoms with Crippen molar-refractivity contribution in [3.05, 3.63) is 62.3 Å². The Morgan fingerprint density at radius 3 is 2.76 bits per heavy atom. The first-order valence-electron chi connectivity index (χ1n) is 9.95. The van der Waals surface area contributed by atoms with Crippen molar-refractivity contribution in [3.8, 4) is 17.1 Å². The number of hydrogen-bond donors (Lipinski definition) is 0. The van der Waals surface area contributed by atoms with Gasteiger partial charge in [0, 0.05) is 24.2 Å². The molecule has 1 aliphatic rings. The lowest BCUT2D eigenvalue weighted by atomic mass is 10.1. The summed E-state index contributed by atoms with van der Waals surface area (Å²) in [7, 11) is 1.57. The van der Waals surface area contributed by atoms with Gasteiger partial charge in [-0.1, -0.05) is 36.7 Å². The van der Waals surface area contributed by atoms with Crippen molar-refractivity contribution in [2.75, 3.05) is 7.11 Å². The maximum Gasteiger partial charge on any atom is 0.331 e. The molecule has 152 valence electrons. The van der Waals surface area contributed by atoms with Gasteiger partial charge in [-0.2, -0.15) is 4.98 Å². The zero-order valence-electron chi connectivity index (χ0n) is 16.7. The largest absolute Gasteiger partial charge is 0.496 e. The standard InChI is InChI=1S/C21H24N4O4/c1-3-17-22-19(23-29-17)18-15-10-5-4-8-12-24(15)21(27)25(20(18)26)13-14-9-6-7-11-16(14)28-2/h6-7,9,11H,3-5,8,10,12-13H2,1-2H3. The number of ether oxygens (including phenoxy) is 1. The van der Waals surface area contributed by atoms with Crippen molar-refractivity contribution >= 4 is 0 Å². The van der Waals surface area contributed by atoms with E-state index in [1.165, 1.54) is 4.57 Å². The number of aromatic nitrogens is 4. The third-order valence-corrected chi connectivity index (χ3v) is 5.35. The maximum atomic E-state index is 13.5. The molecule has 0 spiro atoms. The van der Waals surface area contributed by atoms with Crippen molar-refractivity contribution < 1.29 is 9.26 Å². The molecule has 0 saturated heterocycles. The molecule has 3 heterocycles. The molecule has 8 heteroatoms. The summed E-state index contributed by atoms with van der Waals surface area (Å²) in [5.41, 5.74) is 1.14. The Labute approximate surface area is 167 Å². The van der Waals surface area contributed by atoms with Gasteiger partial charge in [0.1, 0.15) is 11.3 Å². The Morgan fingerprint density at radius 1 is 1.17 bits per heavy atom. The van der Waals surface area contributed by atoms with Crippen LogP contribution in [0.25, 0.3) is 11.4 Å². The molecule has 0 radical (unpaired) electrons. The summed E-state index contributed by atoms with van der Waals surface area (Å²) in [5, 5.41) is 4.03. The molecule has 1 aliphatic heterocycles. The average molecular weight is 396 g/mol. The van der Waals surface area contributed by atoms with E-state index in [9.17, 15) is 9.59 Å². The van der Waals surface area contributed by atoms with Crippen molar-refractivity contribution in [3.63, 3.8) is 0 Å². The first kappa shape index (κ1) is 19.2. The molecule has 0 N–H and O–H groups in total. The molecule has 0 aliphatic carbocycles. The van der Waals surface area contributed by atoms with E-state index in [1.807, 2.05) is 31.2 Å². The summed E-state index contributed by atoms with van der Waals surface area (Å²) < 4.78 is 13.6. The number of rotatable bonds is 5. The Bertz CT molecular complexity index is 1140. The van der Waals surface area contributed by atoms with Crippen LogP contribution in [-0.2, 0) is 25.9 Å². The van der Waals surface area contributed by atoms with Gasteiger partial charge in [0.15, 0.2) is 0 Å². The number of benzene rings is 1. The molecule has 0 fully saturated rings. The maximum absolute atomic E-state index is 13.5. The first-order valence-corrected chi connectivity index (χ1v) is 9.95. The summed E-state index contributed by atoms with van der Waals surface area (Å²) in [6.07, 6.45) is 4.04. The summed E-state index contributed by atoms with van der Waals surface area (Å²) in [4.78, 5) is 31.1. The van der Waals surface area contributed by atoms with Gasteiger partial charge in [-0.25, -0.2) is 4.79 Å². The lowest BCUT2D eigenvalue weighted by Crippen LogP contribution is -2.42. The highest BCUT2D eigenvalue weighted by Gasteiger charge is 2.25. The molecule has 3 aromatic rings. The normalized spacial score (nSPS) is 13.7. The SMILES string of the molecule is CCc1nc(-c2c3n(c(=O)n(Cc4ccccc4OC)c2=O)CCCCC3)no1. The number of hydrogen-bond acceptors (Lipinski definition) is 6. The van der Waals surface area contributed by atoms with E-state index in [0.717, 1.165) is 24.8 Å². The van der Waals surface area contributed by atoms with Crippen LogP contribution >= 0.6 is 0 Å². The molecule has 4 rings (SSSR count). The molecule has 1 aromatic carbocycles. The topological polar surface area (TPSA) is 92.2 Å². The Balaban J connectivity index is 1.94. The molecule has 0 unspecified atom stereocenters. The highest BCUT2D eigenvalue weighted by atomic mass is 16.5. The third kappa shape index (κ3) is 3.50. The van der Waals surface area contributed by atoms with E-state index < -0.39 is 5.56 Å². The molecule has 0 atom stereocenters. The van der Waals surface area contributed by atoms with Crippen LogP contribution in [0.1, 0.15) is 43.3 Å². The van der Waals surface area contributed by atoms with Crippen molar-refractivity contribution in [2.24, 2.45) is 0 Å². The Kier molecular flexibility index (Phi) is 5.33. The molecule has 29 heavy (non-hydrogen) atoms. The molecule has 0 amide bonds. The zero-order chi connectivity index (χ0) is 20.4. The molecular formula is C21H24N4O4. The van der Waals surface area contributed by atoms with Crippen molar-refractivity contribution in [1.29, 1.82) is 0 Å². The van der Waals surface area contributed by atoms with Gasteiger partial charge in [-0.15, -0.1) is 0 Å². The van der Waals surface area contributed by atoms with Crippen LogP contribution in [-0.4, -0.2) is 26.4 Å². The minimum Gasteiger partial charge on any atom is -0.496 e. The van der Waals surface area contributed by atoms with Gasteiger partial charge in [-0.05, 0) is 25.3 Å². The lowest BCUT2D eigenvalue weighted by Gasteiger charge is -2.17. The second kappa shape index (κ2) is 8.06. The highest BCUT2D eigenvalue weighted by Crippen LogP contribution is 2.23. The van der Waals surface area contributed by atoms with Gasteiger partial charge >= 0.3 is 5.69 Å². The fourth-order valence-electron chi connectivity index (χ4n) is 3.84. The number of fused-ring (bicyclic) bond motifs is 1. The van der Waals surface area contributed by atoms with Gasteiger partial charge < -0.3 is 9.26 Å². The van der Waals surface area contributed by atoms with E-state index >= 15 is 0 Å². The smallest absolute Gasteiger partial charge is 0.331 e. The van der Waals surface area contributed by atoms with Gasteiger partial charge in [0.2, 0.25) is 11.7 Å². The predicted octanol–water partition coefficient (Wildman–Crippen LogP) is 2.41. The van der Waals surface area contributed by atoms with Crippen molar-refractivity contribution in [1.82, 2.24) is 19.3 Å². The second-order valence-electron chi connectivity index (χ2n) is 7.13. The van der Waals surface area contributed by atoms with E-state index in [-0.39, 0.29) is 18.1 Å². The summed E-state index contributed by atoms with van der Waals surface area (Å²) in [5.74, 6) is 1.36. The molecular weight excluding hydrogens is 372 g/mol. The fourth-order valence-corrected chi connectivity index (χ4v) is 3.84. The first-order chi connectivity index (χ1) is 14.1. The molecule has 2 aromatic heterocycles. The Morgan fingerprint density at radius 2 is 2.00 bits per heavy atom. The van der Waals surface area contributed by atoms with Gasteiger partial charge in [-0.3, -0.25) is 13.9 Å².